The Balaban J connectivity index is 2.90. The van der Waals surface area contributed by atoms with E-state index in [1.54, 1.807) is 0 Å². The molecule has 0 aromatic rings. The molecule has 1 heterocycles. The molecule has 1 saturated heterocycles. The maximum Gasteiger partial charge on any atom is 0.318 e. The molecule has 1 unspecified atom stereocenters. The van der Waals surface area contributed by atoms with Gasteiger partial charge in [-0.1, -0.05) is 0 Å². The van der Waals surface area contributed by atoms with Crippen molar-refractivity contribution in [2.75, 3.05) is 40.0 Å². The van der Waals surface area contributed by atoms with Gasteiger partial charge in [-0.3, -0.25) is 9.69 Å². The molecule has 6 nitrogen and oxygen atoms in total. The number of hydrogen-bond donors (Lipinski definition) is 3. The summed E-state index contributed by atoms with van der Waals surface area (Å²) in [5, 5.41) is 27.7. The molecule has 0 radical (unpaired) electrons. The van der Waals surface area contributed by atoms with Crippen LogP contribution in [0.25, 0.3) is 0 Å². The normalized spacial score (nSPS) is 18.7. The molecule has 0 aliphatic carbocycles. The van der Waals surface area contributed by atoms with E-state index in [1.807, 2.05) is 4.90 Å². The van der Waals surface area contributed by atoms with Gasteiger partial charge in [-0.2, -0.15) is 0 Å². The lowest BCUT2D eigenvalue weighted by Gasteiger charge is -2.34. The Labute approximate surface area is 88.1 Å². The van der Waals surface area contributed by atoms with Crippen molar-refractivity contribution in [1.82, 2.24) is 4.90 Å². The summed E-state index contributed by atoms with van der Waals surface area (Å²) in [5.74, 6) is -0.696. The van der Waals surface area contributed by atoms with Crippen molar-refractivity contribution >= 4 is 5.97 Å². The quantitative estimate of drug-likeness (QED) is 0.347. The Hall–Kier alpha value is -0.690. The zero-order chi connectivity index (χ0) is 11.5. The number of methoxy groups -OCH3 is 1. The third kappa shape index (κ3) is 2.12. The smallest absolute Gasteiger partial charge is 0.318 e. The summed E-state index contributed by atoms with van der Waals surface area (Å²) < 4.78 is 4.56. The number of aliphatic hydroxyl groups excluding tert-OH is 3. The van der Waals surface area contributed by atoms with Crippen LogP contribution in [0.1, 0.15) is 0 Å². The van der Waals surface area contributed by atoms with Crippen molar-refractivity contribution in [2.24, 2.45) is 5.41 Å². The second-order valence-electron chi connectivity index (χ2n) is 3.70. The van der Waals surface area contributed by atoms with E-state index in [4.69, 9.17) is 0 Å². The van der Waals surface area contributed by atoms with Crippen molar-refractivity contribution in [3.05, 3.63) is 0 Å². The fourth-order valence-electron chi connectivity index (χ4n) is 1.74. The van der Waals surface area contributed by atoms with Crippen LogP contribution in [0.3, 0.4) is 0 Å². The van der Waals surface area contributed by atoms with Crippen molar-refractivity contribution < 1.29 is 24.9 Å². The maximum absolute atomic E-state index is 11.5. The lowest BCUT2D eigenvalue weighted by atomic mass is 9.81. The van der Waals surface area contributed by atoms with E-state index >= 15 is 0 Å². The minimum Gasteiger partial charge on any atom is -0.468 e. The first-order valence-electron chi connectivity index (χ1n) is 4.81. The molecule has 6 heteroatoms. The van der Waals surface area contributed by atoms with Crippen LogP contribution in [0.15, 0.2) is 0 Å². The Morgan fingerprint density at radius 2 is 1.93 bits per heavy atom. The third-order valence-electron chi connectivity index (χ3n) is 2.89. The monoisotopic (exact) mass is 219 g/mol. The summed E-state index contributed by atoms with van der Waals surface area (Å²) in [6, 6.07) is -0.583. The number of ether oxygens (including phenoxy) is 1. The minimum atomic E-state index is -1.43. The molecule has 0 amide bonds. The second-order valence-corrected chi connectivity index (χ2v) is 3.70. The molecule has 0 aromatic carbocycles. The zero-order valence-electron chi connectivity index (χ0n) is 8.72. The number of hydrogen-bond acceptors (Lipinski definition) is 6. The predicted octanol–water partition coefficient (Wildman–Crippen LogP) is -2.19. The molecule has 15 heavy (non-hydrogen) atoms. The third-order valence-corrected chi connectivity index (χ3v) is 2.89. The van der Waals surface area contributed by atoms with Gasteiger partial charge in [-0.25, -0.2) is 0 Å². The number of nitrogens with zero attached hydrogens (tertiary/aromatic N) is 1. The lowest BCUT2D eigenvalue weighted by Crippen LogP contribution is -2.54. The van der Waals surface area contributed by atoms with Crippen molar-refractivity contribution in [1.29, 1.82) is 0 Å². The molecule has 1 fully saturated rings. The van der Waals surface area contributed by atoms with Crippen LogP contribution in [0.2, 0.25) is 0 Å². The number of carbonyl (C=O) groups excluding carboxylic acids is 1. The van der Waals surface area contributed by atoms with Gasteiger partial charge in [-0.05, 0) is 0 Å². The summed E-state index contributed by atoms with van der Waals surface area (Å²) in [4.78, 5) is 13.4. The standard InChI is InChI=1S/C9H17NO5/c1-15-8(14)9(5-12,6-13)7(4-11)10-2-3-10/h7,11-13H,2-6H2,1H3. The molecule has 0 saturated carbocycles. The Kier molecular flexibility index (Phi) is 4.04. The van der Waals surface area contributed by atoms with E-state index in [9.17, 15) is 20.1 Å². The molecule has 0 spiro atoms. The van der Waals surface area contributed by atoms with Gasteiger partial charge in [0.05, 0.1) is 33.0 Å². The van der Waals surface area contributed by atoms with Crippen molar-refractivity contribution in [3.63, 3.8) is 0 Å². The lowest BCUT2D eigenvalue weighted by molar-refractivity contribution is -0.164. The highest BCUT2D eigenvalue weighted by Crippen LogP contribution is 2.30. The molecule has 1 atom stereocenters. The van der Waals surface area contributed by atoms with Crippen LogP contribution >= 0.6 is 0 Å². The van der Waals surface area contributed by atoms with E-state index in [0.717, 1.165) is 13.1 Å². The number of esters is 1. The van der Waals surface area contributed by atoms with Gasteiger partial charge in [0, 0.05) is 13.1 Å². The number of aliphatic hydroxyl groups is 3. The summed E-state index contributed by atoms with van der Waals surface area (Å²) in [6.07, 6.45) is 0. The van der Waals surface area contributed by atoms with Gasteiger partial charge in [0.1, 0.15) is 5.41 Å². The largest absolute Gasteiger partial charge is 0.468 e. The molecule has 0 aromatic heterocycles. The molecule has 1 aliphatic heterocycles. The average molecular weight is 219 g/mol. The van der Waals surface area contributed by atoms with Gasteiger partial charge in [0.2, 0.25) is 0 Å². The first-order chi connectivity index (χ1) is 7.16. The molecular weight excluding hydrogens is 202 g/mol. The van der Waals surface area contributed by atoms with Crippen molar-refractivity contribution in [3.8, 4) is 0 Å². The Morgan fingerprint density at radius 1 is 1.40 bits per heavy atom. The molecule has 1 aliphatic rings. The minimum absolute atomic E-state index is 0.295. The Morgan fingerprint density at radius 3 is 2.20 bits per heavy atom. The highest BCUT2D eigenvalue weighted by atomic mass is 16.5. The first-order valence-corrected chi connectivity index (χ1v) is 4.81. The zero-order valence-corrected chi connectivity index (χ0v) is 8.72. The van der Waals surface area contributed by atoms with E-state index in [-0.39, 0.29) is 6.61 Å². The highest BCUT2D eigenvalue weighted by Gasteiger charge is 2.50. The molecule has 1 rings (SSSR count). The molecule has 88 valence electrons. The van der Waals surface area contributed by atoms with E-state index in [2.05, 4.69) is 4.74 Å². The molecule has 0 bridgehead atoms. The van der Waals surface area contributed by atoms with Crippen molar-refractivity contribution in [2.45, 2.75) is 6.04 Å². The van der Waals surface area contributed by atoms with Crippen LogP contribution in [0.4, 0.5) is 0 Å². The maximum atomic E-state index is 11.5. The topological polar surface area (TPSA) is 90.0 Å². The molecular formula is C9H17NO5. The van der Waals surface area contributed by atoms with Gasteiger partial charge in [0.15, 0.2) is 0 Å². The van der Waals surface area contributed by atoms with Crippen LogP contribution in [-0.2, 0) is 9.53 Å². The van der Waals surface area contributed by atoms with Crippen LogP contribution in [0, 0.1) is 5.41 Å². The predicted molar refractivity (Wildman–Crippen MR) is 51.1 cm³/mol. The summed E-state index contributed by atoms with van der Waals surface area (Å²) >= 11 is 0. The summed E-state index contributed by atoms with van der Waals surface area (Å²) in [5.41, 5.74) is -1.43. The van der Waals surface area contributed by atoms with Crippen LogP contribution in [0.5, 0.6) is 0 Å². The fraction of sp³-hybridized carbons (Fsp3) is 0.889. The summed E-state index contributed by atoms with van der Waals surface area (Å²) in [6.45, 7) is 0.125. The first kappa shape index (κ1) is 12.4. The fourth-order valence-corrected chi connectivity index (χ4v) is 1.74. The van der Waals surface area contributed by atoms with E-state index < -0.39 is 30.6 Å². The van der Waals surface area contributed by atoms with Gasteiger partial charge in [-0.15, -0.1) is 0 Å². The van der Waals surface area contributed by atoms with Crippen LogP contribution in [-0.4, -0.2) is 72.3 Å². The highest BCUT2D eigenvalue weighted by molar-refractivity contribution is 5.78. The number of carbonyl (C=O) groups is 1. The SMILES string of the molecule is COC(=O)C(CO)(CO)C(CO)N1CC1. The van der Waals surface area contributed by atoms with Gasteiger partial charge < -0.3 is 20.1 Å². The molecule has 3 N–H and O–H groups in total. The number of rotatable bonds is 6. The van der Waals surface area contributed by atoms with E-state index in [0.29, 0.717) is 0 Å². The van der Waals surface area contributed by atoms with E-state index in [1.165, 1.54) is 7.11 Å². The van der Waals surface area contributed by atoms with Gasteiger partial charge >= 0.3 is 5.97 Å². The second kappa shape index (κ2) is 4.89. The van der Waals surface area contributed by atoms with Crippen LogP contribution < -0.4 is 0 Å². The summed E-state index contributed by atoms with van der Waals surface area (Å²) in [7, 11) is 1.19. The van der Waals surface area contributed by atoms with Gasteiger partial charge in [0.25, 0.3) is 0 Å². The average Bonchev–Trinajstić information content (AvgIpc) is 3.09. The Bertz CT molecular complexity index is 225.